The lowest BCUT2D eigenvalue weighted by atomic mass is 10.1. The predicted octanol–water partition coefficient (Wildman–Crippen LogP) is 2.47. The number of para-hydroxylation sites is 1. The summed E-state index contributed by atoms with van der Waals surface area (Å²) in [5.74, 6) is -1.23. The third kappa shape index (κ3) is 3.76. The Morgan fingerprint density at radius 1 is 0.903 bits per heavy atom. The molecule has 2 N–H and O–H groups in total. The highest BCUT2D eigenvalue weighted by molar-refractivity contribution is 5.92. The van der Waals surface area contributed by atoms with Gasteiger partial charge in [-0.2, -0.15) is 4.98 Å². The maximum Gasteiger partial charge on any atom is 0.256 e. The van der Waals surface area contributed by atoms with Crippen molar-refractivity contribution in [2.45, 2.75) is 0 Å². The van der Waals surface area contributed by atoms with Crippen LogP contribution in [0.1, 0.15) is 0 Å². The Morgan fingerprint density at radius 2 is 1.61 bits per heavy atom. The van der Waals surface area contributed by atoms with Gasteiger partial charge in [-0.25, -0.2) is 13.8 Å². The molecule has 0 aliphatic rings. The summed E-state index contributed by atoms with van der Waals surface area (Å²) in [5, 5.41) is 19.3. The summed E-state index contributed by atoms with van der Waals surface area (Å²) in [6, 6.07) is 14.4. The maximum atomic E-state index is 14.6. The van der Waals surface area contributed by atoms with Crippen molar-refractivity contribution in [3.05, 3.63) is 82.7 Å². The van der Waals surface area contributed by atoms with Gasteiger partial charge < -0.3 is 15.1 Å². The monoisotopic (exact) mass is 424 g/mol. The van der Waals surface area contributed by atoms with E-state index >= 15 is 0 Å². The molecule has 0 bridgehead atoms. The molecule has 31 heavy (non-hydrogen) atoms. The minimum Gasteiger partial charge on any atom is -0.395 e. The normalized spacial score (nSPS) is 11.1. The largest absolute Gasteiger partial charge is 0.395 e. The number of nitrogens with zero attached hydrogens (tertiary/aromatic N) is 4. The van der Waals surface area contributed by atoms with Crippen LogP contribution in [0.25, 0.3) is 28.0 Å². The molecular weight excluding hydrogens is 406 g/mol. The van der Waals surface area contributed by atoms with Crippen molar-refractivity contribution >= 4 is 17.0 Å². The van der Waals surface area contributed by atoms with Gasteiger partial charge in [0, 0.05) is 23.6 Å². The van der Waals surface area contributed by atoms with Crippen molar-refractivity contribution in [2.75, 3.05) is 24.8 Å². The number of rotatable bonds is 6. The molecule has 2 aromatic heterocycles. The van der Waals surface area contributed by atoms with E-state index in [1.165, 1.54) is 53.4 Å². The molecule has 0 saturated heterocycles. The van der Waals surface area contributed by atoms with Gasteiger partial charge in [0.05, 0.1) is 18.0 Å². The Kier molecular flexibility index (Phi) is 5.70. The highest BCUT2D eigenvalue weighted by Gasteiger charge is 2.20. The van der Waals surface area contributed by atoms with Crippen molar-refractivity contribution < 1.29 is 19.0 Å². The number of aromatic nitrogens is 3. The third-order valence-corrected chi connectivity index (χ3v) is 4.78. The van der Waals surface area contributed by atoms with Crippen LogP contribution in [0, 0.1) is 11.6 Å². The summed E-state index contributed by atoms with van der Waals surface area (Å²) in [6.07, 6.45) is 0. The van der Waals surface area contributed by atoms with Gasteiger partial charge in [-0.15, -0.1) is 0 Å². The van der Waals surface area contributed by atoms with Crippen LogP contribution in [0.5, 0.6) is 0 Å². The fourth-order valence-electron chi connectivity index (χ4n) is 3.32. The lowest BCUT2D eigenvalue weighted by Crippen LogP contribution is -2.30. The molecule has 2 heterocycles. The van der Waals surface area contributed by atoms with Crippen LogP contribution in [-0.4, -0.2) is 44.6 Å². The molecule has 0 amide bonds. The number of anilines is 1. The van der Waals surface area contributed by atoms with Gasteiger partial charge in [-0.05, 0) is 30.3 Å². The zero-order valence-electron chi connectivity index (χ0n) is 16.2. The Morgan fingerprint density at radius 3 is 2.29 bits per heavy atom. The van der Waals surface area contributed by atoms with Gasteiger partial charge in [0.2, 0.25) is 5.95 Å². The van der Waals surface area contributed by atoms with E-state index in [-0.39, 0.29) is 41.7 Å². The molecule has 4 aromatic rings. The average Bonchev–Trinajstić information content (AvgIpc) is 2.78. The summed E-state index contributed by atoms with van der Waals surface area (Å²) in [5.41, 5.74) is -0.215. The van der Waals surface area contributed by atoms with Gasteiger partial charge in [-0.3, -0.25) is 9.36 Å². The fourth-order valence-corrected chi connectivity index (χ4v) is 3.32. The van der Waals surface area contributed by atoms with Crippen LogP contribution in [0.2, 0.25) is 0 Å². The van der Waals surface area contributed by atoms with Crippen molar-refractivity contribution in [2.24, 2.45) is 0 Å². The quantitative estimate of drug-likeness (QED) is 0.462. The number of fused-ring (bicyclic) bond motifs is 1. The molecule has 9 heteroatoms. The number of halogens is 2. The zero-order valence-corrected chi connectivity index (χ0v) is 16.2. The first kappa shape index (κ1) is 20.6. The molecule has 158 valence electrons. The van der Waals surface area contributed by atoms with E-state index in [4.69, 9.17) is 0 Å². The Balaban J connectivity index is 2.13. The van der Waals surface area contributed by atoms with Gasteiger partial charge in [0.1, 0.15) is 18.4 Å². The molecule has 2 aromatic carbocycles. The van der Waals surface area contributed by atoms with E-state index in [9.17, 15) is 23.8 Å². The number of hydrogen-bond acceptors (Lipinski definition) is 6. The number of aliphatic hydroxyl groups excluding tert-OH is 2. The van der Waals surface area contributed by atoms with Gasteiger partial charge in [0.25, 0.3) is 5.56 Å². The molecular formula is C22H18F2N4O3. The number of benzene rings is 2. The van der Waals surface area contributed by atoms with Crippen molar-refractivity contribution in [3.8, 4) is 16.9 Å². The van der Waals surface area contributed by atoms with Crippen molar-refractivity contribution in [1.29, 1.82) is 0 Å². The molecule has 0 radical (unpaired) electrons. The fraction of sp³-hybridized carbons (Fsp3) is 0.136. The Bertz CT molecular complexity index is 1310. The molecule has 0 saturated carbocycles. The van der Waals surface area contributed by atoms with Crippen LogP contribution in [0.15, 0.2) is 65.5 Å². The van der Waals surface area contributed by atoms with E-state index in [1.807, 2.05) is 0 Å². The van der Waals surface area contributed by atoms with Crippen molar-refractivity contribution in [3.63, 3.8) is 0 Å². The molecule has 0 aliphatic heterocycles. The number of pyridine rings is 1. The number of hydrogen-bond donors (Lipinski definition) is 2. The van der Waals surface area contributed by atoms with Gasteiger partial charge in [0.15, 0.2) is 5.65 Å². The first-order valence-corrected chi connectivity index (χ1v) is 9.45. The maximum absolute atomic E-state index is 14.6. The highest BCUT2D eigenvalue weighted by atomic mass is 19.1. The molecule has 0 fully saturated rings. The minimum atomic E-state index is -0.640. The second-order valence-corrected chi connectivity index (χ2v) is 6.68. The topological polar surface area (TPSA) is 91.5 Å². The molecule has 7 nitrogen and oxygen atoms in total. The number of aliphatic hydroxyl groups is 2. The molecule has 0 spiro atoms. The second-order valence-electron chi connectivity index (χ2n) is 6.68. The van der Waals surface area contributed by atoms with E-state index in [0.717, 1.165) is 4.57 Å². The van der Waals surface area contributed by atoms with Crippen LogP contribution in [0.4, 0.5) is 14.7 Å². The summed E-state index contributed by atoms with van der Waals surface area (Å²) < 4.78 is 30.3. The third-order valence-electron chi connectivity index (χ3n) is 4.78. The zero-order chi connectivity index (χ0) is 22.0. The van der Waals surface area contributed by atoms with E-state index in [1.54, 1.807) is 12.1 Å². The van der Waals surface area contributed by atoms with Crippen LogP contribution in [-0.2, 0) is 0 Å². The summed E-state index contributed by atoms with van der Waals surface area (Å²) in [7, 11) is 0. The van der Waals surface area contributed by atoms with Gasteiger partial charge >= 0.3 is 0 Å². The SMILES string of the molecule is O=c1ccc2c(-c3ccccc3F)nc(N(CO)CCO)nc2n1-c1ccccc1F. The molecule has 0 atom stereocenters. The average molecular weight is 424 g/mol. The predicted molar refractivity (Wildman–Crippen MR) is 112 cm³/mol. The first-order chi connectivity index (χ1) is 15.0. The summed E-state index contributed by atoms with van der Waals surface area (Å²) in [6.45, 7) is -0.832. The molecule has 4 rings (SSSR count). The Labute approximate surface area is 175 Å². The van der Waals surface area contributed by atoms with Crippen molar-refractivity contribution in [1.82, 2.24) is 14.5 Å². The van der Waals surface area contributed by atoms with E-state index in [0.29, 0.717) is 5.39 Å². The smallest absolute Gasteiger partial charge is 0.256 e. The lowest BCUT2D eigenvalue weighted by molar-refractivity contribution is 0.256. The summed E-state index contributed by atoms with van der Waals surface area (Å²) in [4.78, 5) is 22.8. The minimum absolute atomic E-state index is 0.00448. The summed E-state index contributed by atoms with van der Waals surface area (Å²) >= 11 is 0. The molecule has 0 unspecified atom stereocenters. The lowest BCUT2D eigenvalue weighted by Gasteiger charge is -2.21. The van der Waals surface area contributed by atoms with E-state index in [2.05, 4.69) is 9.97 Å². The van der Waals surface area contributed by atoms with Crippen LogP contribution < -0.4 is 10.5 Å². The first-order valence-electron chi connectivity index (χ1n) is 9.45. The standard InChI is InChI=1S/C22H18F2N4O3/c23-16-6-2-1-5-14(16)20-15-9-10-19(31)28(18-8-4-3-7-17(18)24)21(15)26-22(25-20)27(13-30)11-12-29/h1-10,29-30H,11-13H2. The van der Waals surface area contributed by atoms with Crippen LogP contribution >= 0.6 is 0 Å². The Hall–Kier alpha value is -3.69. The van der Waals surface area contributed by atoms with E-state index < -0.39 is 23.9 Å². The van der Waals surface area contributed by atoms with Gasteiger partial charge in [-0.1, -0.05) is 24.3 Å². The highest BCUT2D eigenvalue weighted by Crippen LogP contribution is 2.30. The van der Waals surface area contributed by atoms with Crippen LogP contribution in [0.3, 0.4) is 0 Å². The second kappa shape index (κ2) is 8.58. The molecule has 0 aliphatic carbocycles.